The standard InChI is InChI=1S/C22H30N4O3.HI/c1-3-21(27)26-13-11-18(16-26)25-22(23-12-10-20-5-4-14-29-20)24-15-17-6-8-19(28-2)9-7-17;/h4-9,14,18H,3,10-13,15-16H2,1-2H3,(H2,23,24,25);1H. The molecule has 2 heterocycles. The number of furan rings is 1. The van der Waals surface area contributed by atoms with E-state index in [0.29, 0.717) is 26.1 Å². The summed E-state index contributed by atoms with van der Waals surface area (Å²) >= 11 is 0. The number of nitrogens with one attached hydrogen (secondary N) is 2. The van der Waals surface area contributed by atoms with Crippen LogP contribution in [0, 0.1) is 0 Å². The monoisotopic (exact) mass is 526 g/mol. The fourth-order valence-electron chi connectivity index (χ4n) is 3.33. The van der Waals surface area contributed by atoms with Crippen LogP contribution in [0.15, 0.2) is 52.1 Å². The lowest BCUT2D eigenvalue weighted by atomic mass is 10.2. The Morgan fingerprint density at radius 2 is 2.10 bits per heavy atom. The molecule has 0 bridgehead atoms. The zero-order valence-corrected chi connectivity index (χ0v) is 19.9. The maximum Gasteiger partial charge on any atom is 0.222 e. The molecule has 0 radical (unpaired) electrons. The van der Waals surface area contributed by atoms with E-state index in [9.17, 15) is 4.79 Å². The lowest BCUT2D eigenvalue weighted by molar-refractivity contribution is -0.129. The van der Waals surface area contributed by atoms with Gasteiger partial charge in [0.05, 0.1) is 19.9 Å². The molecule has 7 nitrogen and oxygen atoms in total. The Bertz CT molecular complexity index is 793. The molecule has 1 aromatic carbocycles. The lowest BCUT2D eigenvalue weighted by Gasteiger charge is -2.19. The number of ether oxygens (including phenoxy) is 1. The lowest BCUT2D eigenvalue weighted by Crippen LogP contribution is -2.45. The first kappa shape index (κ1) is 24.0. The second kappa shape index (κ2) is 12.5. The summed E-state index contributed by atoms with van der Waals surface area (Å²) in [5.74, 6) is 2.73. The summed E-state index contributed by atoms with van der Waals surface area (Å²) in [5.41, 5.74) is 1.10. The maximum absolute atomic E-state index is 11.9. The van der Waals surface area contributed by atoms with Gasteiger partial charge in [0.2, 0.25) is 5.91 Å². The highest BCUT2D eigenvalue weighted by atomic mass is 127. The number of rotatable bonds is 8. The molecule has 3 rings (SSSR count). The van der Waals surface area contributed by atoms with Crippen LogP contribution in [0.1, 0.15) is 31.1 Å². The zero-order valence-electron chi connectivity index (χ0n) is 17.6. The first-order valence-corrected chi connectivity index (χ1v) is 10.2. The summed E-state index contributed by atoms with van der Waals surface area (Å²) in [4.78, 5) is 18.6. The van der Waals surface area contributed by atoms with Gasteiger partial charge < -0.3 is 24.7 Å². The van der Waals surface area contributed by atoms with Gasteiger partial charge in [0, 0.05) is 38.5 Å². The Kier molecular flexibility index (Phi) is 9.99. The number of hydrogen-bond acceptors (Lipinski definition) is 4. The Morgan fingerprint density at radius 1 is 1.30 bits per heavy atom. The number of hydrogen-bond donors (Lipinski definition) is 2. The Hall–Kier alpha value is -2.23. The number of likely N-dealkylation sites (tertiary alicyclic amines) is 1. The fourth-order valence-corrected chi connectivity index (χ4v) is 3.33. The van der Waals surface area contributed by atoms with Crippen LogP contribution >= 0.6 is 24.0 Å². The van der Waals surface area contributed by atoms with Crippen LogP contribution in [-0.4, -0.2) is 49.6 Å². The molecule has 1 fully saturated rings. The van der Waals surface area contributed by atoms with E-state index >= 15 is 0 Å². The fraction of sp³-hybridized carbons (Fsp3) is 0.455. The van der Waals surface area contributed by atoms with Gasteiger partial charge in [-0.05, 0) is 36.2 Å². The van der Waals surface area contributed by atoms with Crippen molar-refractivity contribution < 1.29 is 13.9 Å². The van der Waals surface area contributed by atoms with Crippen LogP contribution in [0.5, 0.6) is 5.75 Å². The van der Waals surface area contributed by atoms with Gasteiger partial charge in [-0.25, -0.2) is 4.99 Å². The number of nitrogens with zero attached hydrogens (tertiary/aromatic N) is 2. The molecule has 0 spiro atoms. The van der Waals surface area contributed by atoms with E-state index in [-0.39, 0.29) is 35.9 Å². The molecule has 30 heavy (non-hydrogen) atoms. The highest BCUT2D eigenvalue weighted by Crippen LogP contribution is 2.13. The van der Waals surface area contributed by atoms with Crippen molar-refractivity contribution >= 4 is 35.8 Å². The largest absolute Gasteiger partial charge is 0.497 e. The van der Waals surface area contributed by atoms with Crippen LogP contribution in [0.25, 0.3) is 0 Å². The third-order valence-electron chi connectivity index (χ3n) is 5.01. The van der Waals surface area contributed by atoms with Crippen LogP contribution < -0.4 is 15.4 Å². The molecule has 2 N–H and O–H groups in total. The van der Waals surface area contributed by atoms with Crippen molar-refractivity contribution in [3.05, 3.63) is 54.0 Å². The summed E-state index contributed by atoms with van der Waals surface area (Å²) in [7, 11) is 1.66. The smallest absolute Gasteiger partial charge is 0.222 e. The predicted octanol–water partition coefficient (Wildman–Crippen LogP) is 3.20. The normalized spacial score (nSPS) is 16.1. The van der Waals surface area contributed by atoms with Crippen molar-refractivity contribution in [1.82, 2.24) is 15.5 Å². The summed E-state index contributed by atoms with van der Waals surface area (Å²) < 4.78 is 10.6. The van der Waals surface area contributed by atoms with Crippen LogP contribution in [0.2, 0.25) is 0 Å². The molecule has 8 heteroatoms. The van der Waals surface area contributed by atoms with Gasteiger partial charge in [-0.1, -0.05) is 19.1 Å². The van der Waals surface area contributed by atoms with E-state index in [1.165, 1.54) is 0 Å². The molecule has 1 atom stereocenters. The van der Waals surface area contributed by atoms with Gasteiger partial charge in [-0.3, -0.25) is 4.79 Å². The highest BCUT2D eigenvalue weighted by Gasteiger charge is 2.25. The van der Waals surface area contributed by atoms with Crippen molar-refractivity contribution in [2.45, 2.75) is 38.8 Å². The number of carbonyl (C=O) groups excluding carboxylic acids is 1. The highest BCUT2D eigenvalue weighted by molar-refractivity contribution is 14.0. The molecule has 1 saturated heterocycles. The van der Waals surface area contributed by atoms with E-state index in [4.69, 9.17) is 14.1 Å². The molecule has 1 aromatic heterocycles. The van der Waals surface area contributed by atoms with Gasteiger partial charge >= 0.3 is 0 Å². The molecule has 1 amide bonds. The number of amides is 1. The van der Waals surface area contributed by atoms with Crippen molar-refractivity contribution in [2.75, 3.05) is 26.7 Å². The quantitative estimate of drug-likeness (QED) is 0.314. The molecule has 2 aromatic rings. The van der Waals surface area contributed by atoms with E-state index in [0.717, 1.165) is 42.4 Å². The summed E-state index contributed by atoms with van der Waals surface area (Å²) in [5, 5.41) is 6.87. The number of guanidine groups is 1. The molecule has 1 aliphatic rings. The van der Waals surface area contributed by atoms with Gasteiger partial charge in [0.1, 0.15) is 11.5 Å². The second-order valence-electron chi connectivity index (χ2n) is 7.09. The van der Waals surface area contributed by atoms with Crippen LogP contribution in [0.4, 0.5) is 0 Å². The van der Waals surface area contributed by atoms with Crippen LogP contribution in [0.3, 0.4) is 0 Å². The average Bonchev–Trinajstić information content (AvgIpc) is 3.44. The second-order valence-corrected chi connectivity index (χ2v) is 7.09. The molecular formula is C22H31IN4O3. The van der Waals surface area contributed by atoms with Crippen LogP contribution in [-0.2, 0) is 17.8 Å². The summed E-state index contributed by atoms with van der Waals surface area (Å²) in [6, 6.07) is 12.0. The van der Waals surface area contributed by atoms with Crippen molar-refractivity contribution in [3.63, 3.8) is 0 Å². The van der Waals surface area contributed by atoms with E-state index in [1.54, 1.807) is 13.4 Å². The van der Waals surface area contributed by atoms with Gasteiger partial charge in [-0.15, -0.1) is 24.0 Å². The minimum atomic E-state index is 0. The Labute approximate surface area is 195 Å². The minimum Gasteiger partial charge on any atom is -0.497 e. The predicted molar refractivity (Wildman–Crippen MR) is 128 cm³/mol. The molecule has 0 aliphatic carbocycles. The van der Waals surface area contributed by atoms with E-state index in [2.05, 4.69) is 10.6 Å². The van der Waals surface area contributed by atoms with Crippen molar-refractivity contribution in [3.8, 4) is 5.75 Å². The third kappa shape index (κ3) is 7.23. The summed E-state index contributed by atoms with van der Waals surface area (Å²) in [6.45, 7) is 4.69. The SMILES string of the molecule is CCC(=O)N1CCC(NC(=NCc2ccc(OC)cc2)NCCc2ccco2)C1.I. The molecule has 0 saturated carbocycles. The first-order valence-electron chi connectivity index (χ1n) is 10.2. The number of carbonyl (C=O) groups is 1. The van der Waals surface area contributed by atoms with E-state index in [1.807, 2.05) is 48.2 Å². The number of benzene rings is 1. The maximum atomic E-state index is 11.9. The Balaban J connectivity index is 0.00000320. The van der Waals surface area contributed by atoms with Gasteiger partial charge in [0.15, 0.2) is 5.96 Å². The van der Waals surface area contributed by atoms with E-state index < -0.39 is 0 Å². The molecule has 164 valence electrons. The first-order chi connectivity index (χ1) is 14.2. The number of halogens is 1. The molecule has 1 aliphatic heterocycles. The van der Waals surface area contributed by atoms with Crippen molar-refractivity contribution in [1.29, 1.82) is 0 Å². The average molecular weight is 526 g/mol. The molecule has 1 unspecified atom stereocenters. The topological polar surface area (TPSA) is 79.1 Å². The number of methoxy groups -OCH3 is 1. The van der Waals surface area contributed by atoms with Gasteiger partial charge in [0.25, 0.3) is 0 Å². The third-order valence-corrected chi connectivity index (χ3v) is 5.01. The van der Waals surface area contributed by atoms with Crippen molar-refractivity contribution in [2.24, 2.45) is 4.99 Å². The Morgan fingerprint density at radius 3 is 2.77 bits per heavy atom. The van der Waals surface area contributed by atoms with Gasteiger partial charge in [-0.2, -0.15) is 0 Å². The minimum absolute atomic E-state index is 0. The zero-order chi connectivity index (χ0) is 20.5. The molecular weight excluding hydrogens is 495 g/mol. The summed E-state index contributed by atoms with van der Waals surface area (Å²) in [6.07, 6.45) is 3.94. The number of aliphatic imine (C=N–C) groups is 1.